The van der Waals surface area contributed by atoms with Gasteiger partial charge in [-0.2, -0.15) is 0 Å². The largest absolute Gasteiger partial charge is 0.383 e. The molecule has 0 spiro atoms. The fraction of sp³-hybridized carbons (Fsp3) is 0.600. The summed E-state index contributed by atoms with van der Waals surface area (Å²) in [5.41, 5.74) is 1.16. The van der Waals surface area contributed by atoms with Gasteiger partial charge in [0.2, 0.25) is 0 Å². The highest BCUT2D eigenvalue weighted by Gasteiger charge is 2.15. The van der Waals surface area contributed by atoms with Crippen LogP contribution >= 0.6 is 15.9 Å². The van der Waals surface area contributed by atoms with Crippen LogP contribution < -0.4 is 5.32 Å². The molecule has 106 valence electrons. The molecule has 1 fully saturated rings. The summed E-state index contributed by atoms with van der Waals surface area (Å²) in [7, 11) is 2.17. The van der Waals surface area contributed by atoms with Gasteiger partial charge in [0.25, 0.3) is 0 Å². The fourth-order valence-electron chi connectivity index (χ4n) is 2.38. The average molecular weight is 327 g/mol. The zero-order chi connectivity index (χ0) is 13.5. The van der Waals surface area contributed by atoms with E-state index >= 15 is 0 Å². The number of rotatable bonds is 6. The molecule has 1 saturated heterocycles. The summed E-state index contributed by atoms with van der Waals surface area (Å²) in [6.07, 6.45) is 4.18. The molecule has 1 unspecified atom stereocenters. The summed E-state index contributed by atoms with van der Waals surface area (Å²) in [6, 6.07) is 8.23. The van der Waals surface area contributed by atoms with Gasteiger partial charge in [-0.25, -0.2) is 0 Å². The van der Waals surface area contributed by atoms with Gasteiger partial charge in [0.15, 0.2) is 0 Å². The second-order valence-electron chi connectivity index (χ2n) is 5.16. The van der Waals surface area contributed by atoms with Crippen molar-refractivity contribution in [3.8, 4) is 0 Å². The van der Waals surface area contributed by atoms with Gasteiger partial charge < -0.3 is 15.0 Å². The molecule has 1 atom stereocenters. The summed E-state index contributed by atoms with van der Waals surface area (Å²) in [6.45, 7) is 3.96. The van der Waals surface area contributed by atoms with E-state index in [1.807, 2.05) is 12.1 Å². The third-order valence-corrected chi connectivity index (χ3v) is 4.16. The van der Waals surface area contributed by atoms with Gasteiger partial charge in [-0.1, -0.05) is 12.1 Å². The molecule has 3 nitrogen and oxygen atoms in total. The fourth-order valence-corrected chi connectivity index (χ4v) is 2.80. The number of halogens is 1. The van der Waals surface area contributed by atoms with Crippen LogP contribution in [0.25, 0.3) is 0 Å². The molecular formula is C15H23BrN2O. The van der Waals surface area contributed by atoms with Crippen LogP contribution in [0.5, 0.6) is 0 Å². The molecule has 0 amide bonds. The molecule has 0 aromatic heterocycles. The number of para-hydroxylation sites is 1. The maximum Gasteiger partial charge on any atom is 0.0701 e. The van der Waals surface area contributed by atoms with Crippen molar-refractivity contribution in [2.75, 3.05) is 38.6 Å². The minimum atomic E-state index is 0.433. The summed E-state index contributed by atoms with van der Waals surface area (Å²) in [4.78, 5) is 2.35. The van der Waals surface area contributed by atoms with E-state index in [2.05, 4.69) is 45.3 Å². The van der Waals surface area contributed by atoms with Crippen molar-refractivity contribution in [2.24, 2.45) is 0 Å². The first kappa shape index (κ1) is 14.8. The van der Waals surface area contributed by atoms with Crippen LogP contribution in [0.4, 0.5) is 5.69 Å². The third-order valence-electron chi connectivity index (χ3n) is 3.47. The number of benzene rings is 1. The highest BCUT2D eigenvalue weighted by molar-refractivity contribution is 9.10. The summed E-state index contributed by atoms with van der Waals surface area (Å²) in [5, 5.41) is 3.45. The van der Waals surface area contributed by atoms with E-state index in [0.29, 0.717) is 6.10 Å². The molecule has 1 aromatic carbocycles. The van der Waals surface area contributed by atoms with E-state index in [-0.39, 0.29) is 0 Å². The first-order valence-corrected chi connectivity index (χ1v) is 7.83. The van der Waals surface area contributed by atoms with Crippen molar-refractivity contribution in [1.29, 1.82) is 0 Å². The van der Waals surface area contributed by atoms with E-state index in [4.69, 9.17) is 4.74 Å². The van der Waals surface area contributed by atoms with Gasteiger partial charge in [0.1, 0.15) is 0 Å². The number of hydrogen-bond donors (Lipinski definition) is 1. The van der Waals surface area contributed by atoms with E-state index in [1.54, 1.807) is 0 Å². The predicted octanol–water partition coefficient (Wildman–Crippen LogP) is 3.36. The van der Waals surface area contributed by atoms with Crippen molar-refractivity contribution >= 4 is 21.6 Å². The molecule has 4 heteroatoms. The number of nitrogens with zero attached hydrogens (tertiary/aromatic N) is 1. The van der Waals surface area contributed by atoms with Crippen molar-refractivity contribution in [1.82, 2.24) is 4.90 Å². The average Bonchev–Trinajstić information content (AvgIpc) is 2.42. The molecule has 1 N–H and O–H groups in total. The van der Waals surface area contributed by atoms with Gasteiger partial charge >= 0.3 is 0 Å². The lowest BCUT2D eigenvalue weighted by Crippen LogP contribution is -2.35. The number of nitrogens with one attached hydrogen (secondary N) is 1. The molecule has 1 aliphatic heterocycles. The second-order valence-corrected chi connectivity index (χ2v) is 6.01. The second kappa shape index (κ2) is 7.88. The Morgan fingerprint density at radius 2 is 2.21 bits per heavy atom. The Morgan fingerprint density at radius 1 is 1.37 bits per heavy atom. The summed E-state index contributed by atoms with van der Waals surface area (Å²) in [5.74, 6) is 0. The van der Waals surface area contributed by atoms with Crippen LogP contribution in [0, 0.1) is 0 Å². The zero-order valence-electron chi connectivity index (χ0n) is 11.6. The van der Waals surface area contributed by atoms with Crippen molar-refractivity contribution in [2.45, 2.75) is 25.4 Å². The Bertz CT molecular complexity index is 380. The standard InChI is InChI=1S/C15H23BrN2O/c1-18(12-13-6-4-5-11-19-13)10-9-17-15-8-3-2-7-14(15)16/h2-3,7-8,13,17H,4-6,9-12H2,1H3. The number of likely N-dealkylation sites (N-methyl/N-ethyl adjacent to an activating group) is 1. The highest BCUT2D eigenvalue weighted by atomic mass is 79.9. The van der Waals surface area contributed by atoms with Gasteiger partial charge in [0, 0.05) is 36.4 Å². The molecule has 2 rings (SSSR count). The molecule has 0 saturated carbocycles. The van der Waals surface area contributed by atoms with Crippen molar-refractivity contribution in [3.05, 3.63) is 28.7 Å². The lowest BCUT2D eigenvalue weighted by molar-refractivity contribution is -0.000835. The monoisotopic (exact) mass is 326 g/mol. The van der Waals surface area contributed by atoms with Crippen molar-refractivity contribution < 1.29 is 4.74 Å². The molecule has 1 heterocycles. The summed E-state index contributed by atoms with van der Waals surface area (Å²) >= 11 is 3.55. The quantitative estimate of drug-likeness (QED) is 0.867. The molecular weight excluding hydrogens is 304 g/mol. The topological polar surface area (TPSA) is 24.5 Å². The number of anilines is 1. The first-order chi connectivity index (χ1) is 9.25. The van der Waals surface area contributed by atoms with E-state index < -0.39 is 0 Å². The van der Waals surface area contributed by atoms with Crippen LogP contribution in [-0.4, -0.2) is 44.3 Å². The highest BCUT2D eigenvalue weighted by Crippen LogP contribution is 2.20. The Morgan fingerprint density at radius 3 is 2.95 bits per heavy atom. The first-order valence-electron chi connectivity index (χ1n) is 7.04. The minimum Gasteiger partial charge on any atom is -0.383 e. The molecule has 19 heavy (non-hydrogen) atoms. The van der Waals surface area contributed by atoms with E-state index in [0.717, 1.165) is 36.4 Å². The lowest BCUT2D eigenvalue weighted by atomic mass is 10.1. The maximum atomic E-state index is 5.76. The Kier molecular flexibility index (Phi) is 6.14. The third kappa shape index (κ3) is 5.13. The Hall–Kier alpha value is -0.580. The molecule has 0 aliphatic carbocycles. The zero-order valence-corrected chi connectivity index (χ0v) is 13.2. The van der Waals surface area contributed by atoms with E-state index in [9.17, 15) is 0 Å². The van der Waals surface area contributed by atoms with Gasteiger partial charge in [-0.05, 0) is 54.4 Å². The van der Waals surface area contributed by atoms with Gasteiger partial charge in [-0.3, -0.25) is 0 Å². The predicted molar refractivity (Wildman–Crippen MR) is 83.7 cm³/mol. The minimum absolute atomic E-state index is 0.433. The van der Waals surface area contributed by atoms with Crippen molar-refractivity contribution in [3.63, 3.8) is 0 Å². The number of ether oxygens (including phenoxy) is 1. The Balaban J connectivity index is 1.66. The van der Waals surface area contributed by atoms with Crippen LogP contribution in [0.3, 0.4) is 0 Å². The van der Waals surface area contributed by atoms with Gasteiger partial charge in [0.05, 0.1) is 6.10 Å². The molecule has 0 radical (unpaired) electrons. The normalized spacial score (nSPS) is 19.6. The summed E-state index contributed by atoms with van der Waals surface area (Å²) < 4.78 is 6.88. The smallest absolute Gasteiger partial charge is 0.0701 e. The molecule has 1 aliphatic rings. The molecule has 1 aromatic rings. The van der Waals surface area contributed by atoms with Crippen LogP contribution in [0.15, 0.2) is 28.7 Å². The van der Waals surface area contributed by atoms with Crippen LogP contribution in [0.2, 0.25) is 0 Å². The maximum absolute atomic E-state index is 5.76. The lowest BCUT2D eigenvalue weighted by Gasteiger charge is -2.27. The van der Waals surface area contributed by atoms with E-state index in [1.165, 1.54) is 19.3 Å². The Labute approximate surface area is 124 Å². The SMILES string of the molecule is CN(CCNc1ccccc1Br)CC1CCCCO1. The van der Waals surface area contributed by atoms with Gasteiger partial charge in [-0.15, -0.1) is 0 Å². The molecule has 0 bridgehead atoms. The van der Waals surface area contributed by atoms with Crippen LogP contribution in [0.1, 0.15) is 19.3 Å². The van der Waals surface area contributed by atoms with Crippen LogP contribution in [-0.2, 0) is 4.74 Å². The number of hydrogen-bond acceptors (Lipinski definition) is 3.